The molecule has 0 fully saturated rings. The summed E-state index contributed by atoms with van der Waals surface area (Å²) < 4.78 is 7.24. The van der Waals surface area contributed by atoms with Gasteiger partial charge < -0.3 is 14.4 Å². The largest absolute Gasteiger partial charge is 0.351 e. The molecule has 0 aromatic carbocycles. The van der Waals surface area contributed by atoms with Crippen molar-refractivity contribution in [2.75, 3.05) is 0 Å². The molecular weight excluding hydrogens is 268 g/mol. The topological polar surface area (TPSA) is 73.0 Å². The average molecular weight is 288 g/mol. The van der Waals surface area contributed by atoms with Gasteiger partial charge in [-0.05, 0) is 19.3 Å². The Bertz CT molecular complexity index is 656. The summed E-state index contributed by atoms with van der Waals surface area (Å²) in [5.74, 6) is 1.44. The summed E-state index contributed by atoms with van der Waals surface area (Å²) in [7, 11) is 0. The fourth-order valence-corrected chi connectivity index (χ4v) is 2.63. The number of imidazole rings is 1. The minimum atomic E-state index is -0.195. The van der Waals surface area contributed by atoms with Gasteiger partial charge in [0.05, 0.1) is 11.4 Å². The fourth-order valence-electron chi connectivity index (χ4n) is 2.63. The van der Waals surface area contributed by atoms with Crippen LogP contribution in [0.2, 0.25) is 0 Å². The zero-order chi connectivity index (χ0) is 15.0. The van der Waals surface area contributed by atoms with Crippen molar-refractivity contribution in [3.8, 4) is 0 Å². The van der Waals surface area contributed by atoms with E-state index in [1.165, 1.54) is 0 Å². The Labute approximate surface area is 123 Å². The highest BCUT2D eigenvalue weighted by Gasteiger charge is 2.23. The van der Waals surface area contributed by atoms with Crippen LogP contribution >= 0.6 is 0 Å². The third kappa shape index (κ3) is 2.84. The normalized spacial score (nSPS) is 17.8. The maximum atomic E-state index is 12.2. The van der Waals surface area contributed by atoms with Crippen LogP contribution in [0.15, 0.2) is 16.8 Å². The van der Waals surface area contributed by atoms with E-state index in [9.17, 15) is 4.79 Å². The number of aryl methyl sites for hydroxylation is 2. The van der Waals surface area contributed by atoms with Crippen molar-refractivity contribution in [1.29, 1.82) is 0 Å². The first-order valence-electron chi connectivity index (χ1n) is 7.33. The Hall–Kier alpha value is -2.11. The third-order valence-corrected chi connectivity index (χ3v) is 3.79. The Morgan fingerprint density at radius 3 is 3.05 bits per heavy atom. The molecule has 3 heterocycles. The van der Waals surface area contributed by atoms with Crippen molar-refractivity contribution < 1.29 is 9.32 Å². The van der Waals surface area contributed by atoms with Crippen molar-refractivity contribution in [2.24, 2.45) is 0 Å². The molecule has 3 rings (SSSR count). The minimum Gasteiger partial charge on any atom is -0.351 e. The molecule has 0 spiro atoms. The lowest BCUT2D eigenvalue weighted by Crippen LogP contribution is -2.40. The van der Waals surface area contributed by atoms with Crippen molar-refractivity contribution in [2.45, 2.75) is 52.1 Å². The van der Waals surface area contributed by atoms with Crippen LogP contribution < -0.4 is 5.32 Å². The maximum absolute atomic E-state index is 12.2. The maximum Gasteiger partial charge on any atom is 0.290 e. The van der Waals surface area contributed by atoms with Gasteiger partial charge in [0.15, 0.2) is 0 Å². The highest BCUT2D eigenvalue weighted by molar-refractivity contribution is 5.91. The van der Waals surface area contributed by atoms with Crippen LogP contribution in [-0.2, 0) is 13.0 Å². The average Bonchev–Trinajstić information content (AvgIpc) is 3.03. The van der Waals surface area contributed by atoms with Crippen LogP contribution in [0.4, 0.5) is 0 Å². The standard InChI is InChI=1S/C15H20N4O2/c1-9(2)12-6-13(21-18-12)15(20)17-11-4-5-14-16-10(3)7-19(14)8-11/h6-7,9,11H,4-5,8H2,1-3H3,(H,17,20)/t11-/m0/s1. The second-order valence-electron chi connectivity index (χ2n) is 5.93. The molecule has 0 saturated heterocycles. The number of hydrogen-bond acceptors (Lipinski definition) is 4. The first-order valence-corrected chi connectivity index (χ1v) is 7.33. The first kappa shape index (κ1) is 13.9. The molecule has 0 unspecified atom stereocenters. The molecule has 2 aromatic heterocycles. The minimum absolute atomic E-state index is 0.103. The monoisotopic (exact) mass is 288 g/mol. The van der Waals surface area contributed by atoms with E-state index in [-0.39, 0.29) is 23.6 Å². The number of nitrogens with one attached hydrogen (secondary N) is 1. The van der Waals surface area contributed by atoms with Crippen LogP contribution in [0.3, 0.4) is 0 Å². The molecule has 0 aliphatic carbocycles. The van der Waals surface area contributed by atoms with Gasteiger partial charge >= 0.3 is 0 Å². The van der Waals surface area contributed by atoms with Crippen molar-refractivity contribution >= 4 is 5.91 Å². The quantitative estimate of drug-likeness (QED) is 0.938. The summed E-state index contributed by atoms with van der Waals surface area (Å²) in [5, 5.41) is 6.93. The molecule has 1 atom stereocenters. The molecule has 1 aliphatic rings. The molecule has 1 N–H and O–H groups in total. The molecule has 2 aromatic rings. The molecule has 1 amide bonds. The van der Waals surface area contributed by atoms with E-state index in [1.54, 1.807) is 6.07 Å². The van der Waals surface area contributed by atoms with Gasteiger partial charge in [0.1, 0.15) is 5.82 Å². The van der Waals surface area contributed by atoms with Crippen LogP contribution in [0.1, 0.15) is 54.0 Å². The van der Waals surface area contributed by atoms with Gasteiger partial charge in [-0.15, -0.1) is 0 Å². The highest BCUT2D eigenvalue weighted by atomic mass is 16.5. The lowest BCUT2D eigenvalue weighted by Gasteiger charge is -2.24. The number of nitrogens with zero attached hydrogens (tertiary/aromatic N) is 3. The first-order chi connectivity index (χ1) is 10.0. The van der Waals surface area contributed by atoms with Crippen LogP contribution in [0, 0.1) is 6.92 Å². The number of aromatic nitrogens is 3. The second-order valence-corrected chi connectivity index (χ2v) is 5.93. The number of carbonyl (C=O) groups excluding carboxylic acids is 1. The van der Waals surface area contributed by atoms with Crippen molar-refractivity contribution in [1.82, 2.24) is 20.0 Å². The molecule has 112 valence electrons. The Morgan fingerprint density at radius 2 is 2.33 bits per heavy atom. The summed E-state index contributed by atoms with van der Waals surface area (Å²) in [4.78, 5) is 16.7. The summed E-state index contributed by atoms with van der Waals surface area (Å²) in [6.07, 6.45) is 3.80. The molecule has 0 bridgehead atoms. The summed E-state index contributed by atoms with van der Waals surface area (Å²) in [5.41, 5.74) is 1.82. The van der Waals surface area contributed by atoms with E-state index in [1.807, 2.05) is 27.0 Å². The van der Waals surface area contributed by atoms with E-state index in [0.29, 0.717) is 0 Å². The molecule has 6 nitrogen and oxygen atoms in total. The predicted octanol–water partition coefficient (Wildman–Crippen LogP) is 2.05. The summed E-state index contributed by atoms with van der Waals surface area (Å²) in [6.45, 7) is 6.78. The molecular formula is C15H20N4O2. The Morgan fingerprint density at radius 1 is 1.52 bits per heavy atom. The SMILES string of the molecule is Cc1cn2c(n1)CC[C@H](NC(=O)c1cc(C(C)C)no1)C2. The van der Waals surface area contributed by atoms with Crippen LogP contribution in [0.25, 0.3) is 0 Å². The number of fused-ring (bicyclic) bond motifs is 1. The molecule has 6 heteroatoms. The number of rotatable bonds is 3. The smallest absolute Gasteiger partial charge is 0.290 e. The Balaban J connectivity index is 1.65. The van der Waals surface area contributed by atoms with Gasteiger partial charge in [0.2, 0.25) is 5.76 Å². The van der Waals surface area contributed by atoms with Crippen molar-refractivity contribution in [3.05, 3.63) is 35.2 Å². The van der Waals surface area contributed by atoms with Gasteiger partial charge in [0, 0.05) is 31.3 Å². The lowest BCUT2D eigenvalue weighted by molar-refractivity contribution is 0.0890. The van der Waals surface area contributed by atoms with E-state index in [4.69, 9.17) is 4.52 Å². The van der Waals surface area contributed by atoms with Gasteiger partial charge in [0.25, 0.3) is 5.91 Å². The van der Waals surface area contributed by atoms with E-state index in [2.05, 4.69) is 20.0 Å². The molecule has 1 aliphatic heterocycles. The van der Waals surface area contributed by atoms with Crippen molar-refractivity contribution in [3.63, 3.8) is 0 Å². The zero-order valence-electron chi connectivity index (χ0n) is 12.6. The number of carbonyl (C=O) groups is 1. The zero-order valence-corrected chi connectivity index (χ0v) is 12.6. The van der Waals surface area contributed by atoms with Crippen LogP contribution in [0.5, 0.6) is 0 Å². The molecule has 0 radical (unpaired) electrons. The van der Waals surface area contributed by atoms with E-state index in [0.717, 1.165) is 36.6 Å². The third-order valence-electron chi connectivity index (χ3n) is 3.79. The predicted molar refractivity (Wildman–Crippen MR) is 77.1 cm³/mol. The molecule has 0 saturated carbocycles. The number of amides is 1. The van der Waals surface area contributed by atoms with Gasteiger partial charge in [-0.3, -0.25) is 4.79 Å². The Kier molecular flexibility index (Phi) is 3.53. The summed E-state index contributed by atoms with van der Waals surface area (Å²) in [6, 6.07) is 1.82. The van der Waals surface area contributed by atoms with E-state index < -0.39 is 0 Å². The van der Waals surface area contributed by atoms with E-state index >= 15 is 0 Å². The fraction of sp³-hybridized carbons (Fsp3) is 0.533. The number of hydrogen-bond donors (Lipinski definition) is 1. The molecule has 21 heavy (non-hydrogen) atoms. The highest BCUT2D eigenvalue weighted by Crippen LogP contribution is 2.17. The van der Waals surface area contributed by atoms with Gasteiger partial charge in [-0.2, -0.15) is 0 Å². The van der Waals surface area contributed by atoms with Gasteiger partial charge in [-0.1, -0.05) is 19.0 Å². The lowest BCUT2D eigenvalue weighted by atomic mass is 10.1. The van der Waals surface area contributed by atoms with Crippen LogP contribution in [-0.4, -0.2) is 26.7 Å². The second kappa shape index (κ2) is 5.35. The summed E-state index contributed by atoms with van der Waals surface area (Å²) >= 11 is 0. The van der Waals surface area contributed by atoms with Gasteiger partial charge in [-0.25, -0.2) is 4.98 Å².